The van der Waals surface area contributed by atoms with Crippen molar-refractivity contribution in [3.05, 3.63) is 0 Å². The monoisotopic (exact) mass is 237 g/mol. The standard InChI is InChI=1S/C14H27N3/c1-14(2)11-15-6-9-17(14)13-5-8-16-7-3-4-12(16)10-13/h12-13,15H,3-11H2,1-2H3. The summed E-state index contributed by atoms with van der Waals surface area (Å²) in [5, 5.41) is 3.54. The Hall–Kier alpha value is -0.120. The van der Waals surface area contributed by atoms with Crippen molar-refractivity contribution in [3.8, 4) is 0 Å². The van der Waals surface area contributed by atoms with Crippen molar-refractivity contribution < 1.29 is 0 Å². The predicted octanol–water partition coefficient (Wildman–Crippen LogP) is 1.30. The quantitative estimate of drug-likeness (QED) is 0.741. The SMILES string of the molecule is CC1(C)CNCCN1C1CCN2CCCC2C1. The molecule has 3 aliphatic rings. The van der Waals surface area contributed by atoms with Crippen molar-refractivity contribution in [1.82, 2.24) is 15.1 Å². The van der Waals surface area contributed by atoms with Gasteiger partial charge in [-0.15, -0.1) is 0 Å². The molecule has 3 heteroatoms. The Kier molecular flexibility index (Phi) is 3.18. The molecule has 98 valence electrons. The zero-order valence-corrected chi connectivity index (χ0v) is 11.4. The molecular weight excluding hydrogens is 210 g/mol. The van der Waals surface area contributed by atoms with Gasteiger partial charge in [0.25, 0.3) is 0 Å². The molecule has 3 saturated heterocycles. The topological polar surface area (TPSA) is 18.5 Å². The van der Waals surface area contributed by atoms with E-state index in [1.165, 1.54) is 51.9 Å². The van der Waals surface area contributed by atoms with Crippen LogP contribution in [0.4, 0.5) is 0 Å². The van der Waals surface area contributed by atoms with Crippen molar-refractivity contribution in [2.75, 3.05) is 32.7 Å². The summed E-state index contributed by atoms with van der Waals surface area (Å²) in [4.78, 5) is 5.52. The van der Waals surface area contributed by atoms with Crippen LogP contribution in [0, 0.1) is 0 Å². The minimum atomic E-state index is 0.351. The fourth-order valence-electron chi connectivity index (χ4n) is 4.16. The third-order valence-electron chi connectivity index (χ3n) is 5.10. The first-order valence-corrected chi connectivity index (χ1v) is 7.38. The molecule has 0 saturated carbocycles. The summed E-state index contributed by atoms with van der Waals surface area (Å²) in [7, 11) is 0. The maximum atomic E-state index is 3.54. The molecule has 0 spiro atoms. The van der Waals surface area contributed by atoms with Gasteiger partial charge < -0.3 is 10.2 Å². The van der Waals surface area contributed by atoms with E-state index < -0.39 is 0 Å². The molecule has 0 aliphatic carbocycles. The van der Waals surface area contributed by atoms with Crippen LogP contribution in [0.3, 0.4) is 0 Å². The van der Waals surface area contributed by atoms with Gasteiger partial charge in [-0.2, -0.15) is 0 Å². The highest BCUT2D eigenvalue weighted by molar-refractivity contribution is 4.97. The van der Waals surface area contributed by atoms with Crippen molar-refractivity contribution in [2.45, 2.75) is 57.2 Å². The smallest absolute Gasteiger partial charge is 0.0281 e. The lowest BCUT2D eigenvalue weighted by atomic mass is 9.90. The summed E-state index contributed by atoms with van der Waals surface area (Å²) in [5.74, 6) is 0. The Labute approximate surface area is 106 Å². The Bertz CT molecular complexity index is 277. The second-order valence-corrected chi connectivity index (χ2v) is 6.69. The van der Waals surface area contributed by atoms with E-state index in [2.05, 4.69) is 29.0 Å². The molecule has 3 nitrogen and oxygen atoms in total. The lowest BCUT2D eigenvalue weighted by molar-refractivity contribution is 0.00454. The second kappa shape index (κ2) is 4.52. The first kappa shape index (κ1) is 11.9. The number of piperidine rings is 1. The van der Waals surface area contributed by atoms with Gasteiger partial charge >= 0.3 is 0 Å². The Morgan fingerprint density at radius 3 is 2.76 bits per heavy atom. The van der Waals surface area contributed by atoms with Crippen LogP contribution in [-0.2, 0) is 0 Å². The van der Waals surface area contributed by atoms with Crippen LogP contribution >= 0.6 is 0 Å². The van der Waals surface area contributed by atoms with E-state index in [0.29, 0.717) is 5.54 Å². The lowest BCUT2D eigenvalue weighted by Gasteiger charge is -2.50. The van der Waals surface area contributed by atoms with Gasteiger partial charge in [0, 0.05) is 37.3 Å². The number of rotatable bonds is 1. The van der Waals surface area contributed by atoms with Gasteiger partial charge in [-0.05, 0) is 52.6 Å². The molecule has 0 aromatic carbocycles. The van der Waals surface area contributed by atoms with Gasteiger partial charge in [0.1, 0.15) is 0 Å². The molecule has 0 amide bonds. The summed E-state index contributed by atoms with van der Waals surface area (Å²) < 4.78 is 0. The number of nitrogens with zero attached hydrogens (tertiary/aromatic N) is 2. The van der Waals surface area contributed by atoms with Gasteiger partial charge in [0.15, 0.2) is 0 Å². The molecule has 1 N–H and O–H groups in total. The van der Waals surface area contributed by atoms with Crippen molar-refractivity contribution in [2.24, 2.45) is 0 Å². The van der Waals surface area contributed by atoms with E-state index >= 15 is 0 Å². The van der Waals surface area contributed by atoms with E-state index in [1.54, 1.807) is 0 Å². The molecule has 0 bridgehead atoms. The van der Waals surface area contributed by atoms with Gasteiger partial charge in [-0.1, -0.05) is 0 Å². The molecular formula is C14H27N3. The fraction of sp³-hybridized carbons (Fsp3) is 1.00. The van der Waals surface area contributed by atoms with Crippen molar-refractivity contribution >= 4 is 0 Å². The molecule has 0 radical (unpaired) electrons. The molecule has 3 heterocycles. The largest absolute Gasteiger partial charge is 0.314 e. The maximum absolute atomic E-state index is 3.54. The number of hydrogen-bond donors (Lipinski definition) is 1. The first-order valence-electron chi connectivity index (χ1n) is 7.38. The van der Waals surface area contributed by atoms with E-state index in [-0.39, 0.29) is 0 Å². The molecule has 0 aromatic heterocycles. The third-order valence-corrected chi connectivity index (χ3v) is 5.10. The molecule has 2 unspecified atom stereocenters. The van der Waals surface area contributed by atoms with Crippen LogP contribution in [0.15, 0.2) is 0 Å². The van der Waals surface area contributed by atoms with Gasteiger partial charge in [-0.25, -0.2) is 0 Å². The molecule has 17 heavy (non-hydrogen) atoms. The zero-order chi connectivity index (χ0) is 11.9. The normalized spacial score (nSPS) is 39.2. The van der Waals surface area contributed by atoms with E-state index in [1.807, 2.05) is 0 Å². The number of nitrogens with one attached hydrogen (secondary N) is 1. The van der Waals surface area contributed by atoms with Crippen LogP contribution < -0.4 is 5.32 Å². The maximum Gasteiger partial charge on any atom is 0.0281 e. The average Bonchev–Trinajstić information content (AvgIpc) is 2.75. The molecule has 3 aliphatic heterocycles. The van der Waals surface area contributed by atoms with Crippen LogP contribution in [0.5, 0.6) is 0 Å². The molecule has 0 aromatic rings. The number of piperazine rings is 1. The summed E-state index contributed by atoms with van der Waals surface area (Å²) in [6, 6.07) is 1.74. The summed E-state index contributed by atoms with van der Waals surface area (Å²) >= 11 is 0. The first-order chi connectivity index (χ1) is 8.17. The summed E-state index contributed by atoms with van der Waals surface area (Å²) in [6.07, 6.45) is 5.69. The molecule has 3 rings (SSSR count). The highest BCUT2D eigenvalue weighted by Crippen LogP contribution is 2.32. The Morgan fingerprint density at radius 2 is 1.94 bits per heavy atom. The van der Waals surface area contributed by atoms with E-state index in [9.17, 15) is 0 Å². The van der Waals surface area contributed by atoms with E-state index in [0.717, 1.165) is 18.6 Å². The van der Waals surface area contributed by atoms with Gasteiger partial charge in [-0.3, -0.25) is 4.90 Å². The molecule has 3 fully saturated rings. The minimum absolute atomic E-state index is 0.351. The van der Waals surface area contributed by atoms with Crippen molar-refractivity contribution in [1.29, 1.82) is 0 Å². The average molecular weight is 237 g/mol. The van der Waals surface area contributed by atoms with Crippen LogP contribution in [-0.4, -0.2) is 60.1 Å². The minimum Gasteiger partial charge on any atom is -0.314 e. The molecule has 2 atom stereocenters. The Balaban J connectivity index is 1.67. The highest BCUT2D eigenvalue weighted by atomic mass is 15.3. The number of fused-ring (bicyclic) bond motifs is 1. The lowest BCUT2D eigenvalue weighted by Crippen LogP contribution is -2.63. The van der Waals surface area contributed by atoms with Gasteiger partial charge in [0.05, 0.1) is 0 Å². The van der Waals surface area contributed by atoms with Crippen molar-refractivity contribution in [3.63, 3.8) is 0 Å². The summed E-state index contributed by atoms with van der Waals surface area (Å²) in [6.45, 7) is 11.1. The predicted molar refractivity (Wildman–Crippen MR) is 71.3 cm³/mol. The Morgan fingerprint density at radius 1 is 1.06 bits per heavy atom. The highest BCUT2D eigenvalue weighted by Gasteiger charge is 2.39. The van der Waals surface area contributed by atoms with Crippen LogP contribution in [0.2, 0.25) is 0 Å². The third kappa shape index (κ3) is 2.25. The van der Waals surface area contributed by atoms with E-state index in [4.69, 9.17) is 0 Å². The van der Waals surface area contributed by atoms with Crippen LogP contribution in [0.1, 0.15) is 39.5 Å². The number of hydrogen-bond acceptors (Lipinski definition) is 3. The van der Waals surface area contributed by atoms with Crippen LogP contribution in [0.25, 0.3) is 0 Å². The summed E-state index contributed by atoms with van der Waals surface area (Å²) in [5.41, 5.74) is 0.351. The van der Waals surface area contributed by atoms with Gasteiger partial charge in [0.2, 0.25) is 0 Å². The fourth-order valence-corrected chi connectivity index (χ4v) is 4.16. The zero-order valence-electron chi connectivity index (χ0n) is 11.4. The second-order valence-electron chi connectivity index (χ2n) is 6.69.